The summed E-state index contributed by atoms with van der Waals surface area (Å²) in [5.41, 5.74) is 5.96. The number of hydrogen-bond donors (Lipinski definition) is 0. The van der Waals surface area contributed by atoms with Gasteiger partial charge in [-0.25, -0.2) is 4.98 Å². The van der Waals surface area contributed by atoms with E-state index in [9.17, 15) is 5.26 Å². The maximum Gasteiger partial charge on any atom is 0.232 e. The van der Waals surface area contributed by atoms with Gasteiger partial charge in [-0.3, -0.25) is 0 Å². The van der Waals surface area contributed by atoms with Crippen LogP contribution >= 0.6 is 23.2 Å². The summed E-state index contributed by atoms with van der Waals surface area (Å²) < 4.78 is 5.75. The lowest BCUT2D eigenvalue weighted by atomic mass is 9.94. The van der Waals surface area contributed by atoms with Crippen LogP contribution < -0.4 is 4.74 Å². The summed E-state index contributed by atoms with van der Waals surface area (Å²) >= 11 is 12.9. The number of nitrogens with zero attached hydrogens (tertiary/aromatic N) is 2. The van der Waals surface area contributed by atoms with Gasteiger partial charge >= 0.3 is 0 Å². The Labute approximate surface area is 180 Å². The molecule has 29 heavy (non-hydrogen) atoms. The smallest absolute Gasteiger partial charge is 0.232 e. The SMILES string of the molecule is CCOc1nc2c(c(-c3ccccc3Cl)c1C#N)CCC2=Cc1ccccc1Cl. The molecule has 2 aromatic carbocycles. The molecule has 0 amide bonds. The van der Waals surface area contributed by atoms with Crippen LogP contribution in [0.5, 0.6) is 5.88 Å². The first-order valence-electron chi connectivity index (χ1n) is 9.44. The van der Waals surface area contributed by atoms with E-state index in [0.29, 0.717) is 28.1 Å². The molecule has 0 N–H and O–H groups in total. The summed E-state index contributed by atoms with van der Waals surface area (Å²) in [4.78, 5) is 4.74. The molecule has 0 radical (unpaired) electrons. The van der Waals surface area contributed by atoms with Crippen molar-refractivity contribution in [3.8, 4) is 23.1 Å². The van der Waals surface area contributed by atoms with Crippen LogP contribution in [0.15, 0.2) is 48.5 Å². The van der Waals surface area contributed by atoms with Gasteiger partial charge in [0, 0.05) is 21.2 Å². The normalized spacial score (nSPS) is 13.9. The van der Waals surface area contributed by atoms with Crippen LogP contribution in [0.4, 0.5) is 0 Å². The molecular formula is C24H18Cl2N2O. The second kappa shape index (κ2) is 8.29. The molecular weight excluding hydrogens is 403 g/mol. The van der Waals surface area contributed by atoms with Gasteiger partial charge in [0.05, 0.1) is 12.3 Å². The first kappa shape index (κ1) is 19.5. The number of allylic oxidation sites excluding steroid dienone is 1. The number of pyridine rings is 1. The molecule has 1 aliphatic rings. The zero-order chi connectivity index (χ0) is 20.4. The van der Waals surface area contributed by atoms with Crippen LogP contribution in [-0.2, 0) is 6.42 Å². The zero-order valence-corrected chi connectivity index (χ0v) is 17.4. The molecule has 144 valence electrons. The van der Waals surface area contributed by atoms with Crippen LogP contribution in [0, 0.1) is 11.3 Å². The molecule has 0 unspecified atom stereocenters. The third-order valence-corrected chi connectivity index (χ3v) is 5.66. The van der Waals surface area contributed by atoms with E-state index >= 15 is 0 Å². The fourth-order valence-electron chi connectivity index (χ4n) is 3.71. The average Bonchev–Trinajstić information content (AvgIpc) is 3.12. The maximum atomic E-state index is 9.90. The van der Waals surface area contributed by atoms with E-state index in [1.165, 1.54) is 0 Å². The number of nitriles is 1. The van der Waals surface area contributed by atoms with Crippen molar-refractivity contribution in [1.29, 1.82) is 5.26 Å². The summed E-state index contributed by atoms with van der Waals surface area (Å²) in [6.07, 6.45) is 3.66. The molecule has 0 spiro atoms. The van der Waals surface area contributed by atoms with Crippen LogP contribution in [0.1, 0.15) is 35.7 Å². The third-order valence-electron chi connectivity index (χ3n) is 4.98. The van der Waals surface area contributed by atoms with Gasteiger partial charge < -0.3 is 4.74 Å². The quantitative estimate of drug-likeness (QED) is 0.465. The van der Waals surface area contributed by atoms with E-state index in [0.717, 1.165) is 46.4 Å². The lowest BCUT2D eigenvalue weighted by molar-refractivity contribution is 0.325. The molecule has 4 rings (SSSR count). The molecule has 0 fully saturated rings. The van der Waals surface area contributed by atoms with Gasteiger partial charge in [0.2, 0.25) is 5.88 Å². The molecule has 0 aliphatic heterocycles. The van der Waals surface area contributed by atoms with E-state index in [2.05, 4.69) is 12.1 Å². The van der Waals surface area contributed by atoms with Crippen molar-refractivity contribution in [3.05, 3.63) is 81.0 Å². The minimum absolute atomic E-state index is 0.343. The Balaban J connectivity index is 1.98. The Morgan fingerprint density at radius 3 is 2.48 bits per heavy atom. The number of fused-ring (bicyclic) bond motifs is 1. The van der Waals surface area contributed by atoms with E-state index in [1.54, 1.807) is 0 Å². The molecule has 1 aliphatic carbocycles. The number of aromatic nitrogens is 1. The van der Waals surface area contributed by atoms with Crippen LogP contribution in [-0.4, -0.2) is 11.6 Å². The van der Waals surface area contributed by atoms with Gasteiger partial charge in [-0.05, 0) is 54.7 Å². The summed E-state index contributed by atoms with van der Waals surface area (Å²) in [6.45, 7) is 2.30. The van der Waals surface area contributed by atoms with Crippen molar-refractivity contribution in [3.63, 3.8) is 0 Å². The van der Waals surface area contributed by atoms with Gasteiger partial charge in [0.25, 0.3) is 0 Å². The summed E-state index contributed by atoms with van der Waals surface area (Å²) in [6, 6.07) is 17.6. The third kappa shape index (κ3) is 3.62. The van der Waals surface area contributed by atoms with E-state index in [-0.39, 0.29) is 0 Å². The molecule has 0 saturated heterocycles. The number of ether oxygens (including phenoxy) is 1. The van der Waals surface area contributed by atoms with Crippen molar-refractivity contribution in [1.82, 2.24) is 4.98 Å². The minimum atomic E-state index is 0.343. The highest BCUT2D eigenvalue weighted by atomic mass is 35.5. The lowest BCUT2D eigenvalue weighted by Crippen LogP contribution is -2.04. The molecule has 1 aromatic heterocycles. The minimum Gasteiger partial charge on any atom is -0.477 e. The highest BCUT2D eigenvalue weighted by molar-refractivity contribution is 6.33. The van der Waals surface area contributed by atoms with Crippen molar-refractivity contribution >= 4 is 34.9 Å². The van der Waals surface area contributed by atoms with E-state index < -0.39 is 0 Å². The number of benzene rings is 2. The van der Waals surface area contributed by atoms with Gasteiger partial charge in [0.15, 0.2) is 0 Å². The van der Waals surface area contributed by atoms with Crippen molar-refractivity contribution in [2.24, 2.45) is 0 Å². The maximum absolute atomic E-state index is 9.90. The van der Waals surface area contributed by atoms with E-state index in [4.69, 9.17) is 32.9 Å². The molecule has 0 atom stereocenters. The molecule has 1 heterocycles. The topological polar surface area (TPSA) is 45.9 Å². The monoisotopic (exact) mass is 420 g/mol. The Kier molecular flexibility index (Phi) is 5.58. The van der Waals surface area contributed by atoms with Gasteiger partial charge in [-0.1, -0.05) is 59.6 Å². The zero-order valence-electron chi connectivity index (χ0n) is 15.9. The average molecular weight is 421 g/mol. The van der Waals surface area contributed by atoms with Crippen molar-refractivity contribution in [2.75, 3.05) is 6.61 Å². The van der Waals surface area contributed by atoms with Crippen LogP contribution in [0.2, 0.25) is 10.0 Å². The Morgan fingerprint density at radius 2 is 1.79 bits per heavy atom. The highest BCUT2D eigenvalue weighted by Gasteiger charge is 2.28. The van der Waals surface area contributed by atoms with Crippen LogP contribution in [0.3, 0.4) is 0 Å². The molecule has 3 aromatic rings. The number of rotatable bonds is 4. The molecule has 5 heteroatoms. The standard InChI is InChI=1S/C24H18Cl2N2O/c1-2-29-24-19(14-27)22(17-8-4-6-10-21(17)26)18-12-11-16(23(18)28-24)13-15-7-3-5-9-20(15)25/h3-10,13H,2,11-12H2,1H3. The number of hydrogen-bond acceptors (Lipinski definition) is 3. The van der Waals surface area contributed by atoms with Crippen molar-refractivity contribution < 1.29 is 4.74 Å². The van der Waals surface area contributed by atoms with Gasteiger partial charge in [-0.15, -0.1) is 0 Å². The summed E-state index contributed by atoms with van der Waals surface area (Å²) in [5, 5.41) is 11.2. The first-order chi connectivity index (χ1) is 14.1. The second-order valence-corrected chi connectivity index (χ2v) is 7.52. The largest absolute Gasteiger partial charge is 0.477 e. The Hall–Kier alpha value is -2.80. The van der Waals surface area contributed by atoms with Crippen molar-refractivity contribution in [2.45, 2.75) is 19.8 Å². The predicted molar refractivity (Wildman–Crippen MR) is 118 cm³/mol. The summed E-state index contributed by atoms with van der Waals surface area (Å²) in [7, 11) is 0. The second-order valence-electron chi connectivity index (χ2n) is 6.71. The van der Waals surface area contributed by atoms with Crippen LogP contribution in [0.25, 0.3) is 22.8 Å². The molecule has 3 nitrogen and oxygen atoms in total. The molecule has 0 saturated carbocycles. The van der Waals surface area contributed by atoms with Gasteiger partial charge in [0.1, 0.15) is 11.6 Å². The highest BCUT2D eigenvalue weighted by Crippen LogP contribution is 2.44. The van der Waals surface area contributed by atoms with E-state index in [1.807, 2.05) is 55.5 Å². The van der Waals surface area contributed by atoms with Gasteiger partial charge in [-0.2, -0.15) is 5.26 Å². The first-order valence-corrected chi connectivity index (χ1v) is 10.2. The fourth-order valence-corrected chi connectivity index (χ4v) is 4.14. The Bertz CT molecular complexity index is 1160. The molecule has 0 bridgehead atoms. The fraction of sp³-hybridized carbons (Fsp3) is 0.167. The number of halogens is 2. The lowest BCUT2D eigenvalue weighted by Gasteiger charge is -2.15. The Morgan fingerprint density at radius 1 is 1.07 bits per heavy atom. The summed E-state index contributed by atoms with van der Waals surface area (Å²) in [5.74, 6) is 0.343. The predicted octanol–water partition coefficient (Wildman–Crippen LogP) is 6.81.